The summed E-state index contributed by atoms with van der Waals surface area (Å²) in [5, 5.41) is 13.4. The van der Waals surface area contributed by atoms with Crippen molar-refractivity contribution < 1.29 is 9.84 Å². The van der Waals surface area contributed by atoms with E-state index in [1.165, 1.54) is 18.4 Å². The molecule has 3 nitrogen and oxygen atoms in total. The van der Waals surface area contributed by atoms with Gasteiger partial charge in [-0.05, 0) is 36.5 Å². The fourth-order valence-corrected chi connectivity index (χ4v) is 2.52. The SMILES string of the molecule is COc1ccc(NC(c2ccccc2)C2CC2)cc1O. The first-order chi connectivity index (χ1) is 9.78. The third kappa shape index (κ3) is 2.72. The predicted molar refractivity (Wildman–Crippen MR) is 80.2 cm³/mol. The number of hydrogen-bond donors (Lipinski definition) is 2. The van der Waals surface area contributed by atoms with Crippen molar-refractivity contribution in [1.82, 2.24) is 0 Å². The number of hydrogen-bond acceptors (Lipinski definition) is 3. The minimum atomic E-state index is 0.167. The number of anilines is 1. The highest BCUT2D eigenvalue weighted by atomic mass is 16.5. The van der Waals surface area contributed by atoms with E-state index in [-0.39, 0.29) is 5.75 Å². The van der Waals surface area contributed by atoms with E-state index in [1.54, 1.807) is 19.2 Å². The summed E-state index contributed by atoms with van der Waals surface area (Å²) in [5.74, 6) is 1.35. The van der Waals surface area contributed by atoms with E-state index in [4.69, 9.17) is 4.74 Å². The number of ether oxygens (including phenoxy) is 1. The Morgan fingerprint density at radius 3 is 2.50 bits per heavy atom. The van der Waals surface area contributed by atoms with E-state index in [9.17, 15) is 5.11 Å². The van der Waals surface area contributed by atoms with Gasteiger partial charge in [0.1, 0.15) is 0 Å². The van der Waals surface area contributed by atoms with Crippen LogP contribution in [0.15, 0.2) is 48.5 Å². The van der Waals surface area contributed by atoms with E-state index in [0.29, 0.717) is 17.7 Å². The maximum atomic E-state index is 9.86. The van der Waals surface area contributed by atoms with Crippen molar-refractivity contribution in [1.29, 1.82) is 0 Å². The molecule has 1 aliphatic carbocycles. The zero-order chi connectivity index (χ0) is 13.9. The third-order valence-electron chi connectivity index (χ3n) is 3.75. The van der Waals surface area contributed by atoms with Crippen molar-refractivity contribution in [3.63, 3.8) is 0 Å². The Bertz CT molecular complexity index is 579. The second-order valence-electron chi connectivity index (χ2n) is 5.26. The molecule has 1 atom stereocenters. The molecule has 0 saturated heterocycles. The Morgan fingerprint density at radius 1 is 1.15 bits per heavy atom. The first-order valence-corrected chi connectivity index (χ1v) is 6.96. The Kier molecular flexibility index (Phi) is 3.50. The van der Waals surface area contributed by atoms with Crippen molar-refractivity contribution >= 4 is 5.69 Å². The highest BCUT2D eigenvalue weighted by molar-refractivity contribution is 5.55. The zero-order valence-corrected chi connectivity index (χ0v) is 11.5. The zero-order valence-electron chi connectivity index (χ0n) is 11.5. The largest absolute Gasteiger partial charge is 0.504 e. The van der Waals surface area contributed by atoms with Gasteiger partial charge in [0.15, 0.2) is 11.5 Å². The quantitative estimate of drug-likeness (QED) is 0.863. The number of phenolic OH excluding ortho intramolecular Hbond substituents is 1. The lowest BCUT2D eigenvalue weighted by Gasteiger charge is -2.20. The van der Waals surface area contributed by atoms with Gasteiger partial charge in [-0.3, -0.25) is 0 Å². The molecule has 2 aromatic rings. The van der Waals surface area contributed by atoms with Gasteiger partial charge >= 0.3 is 0 Å². The fourth-order valence-electron chi connectivity index (χ4n) is 2.52. The normalized spacial score (nSPS) is 15.7. The summed E-state index contributed by atoms with van der Waals surface area (Å²) in [6, 6.07) is 16.2. The van der Waals surface area contributed by atoms with Crippen LogP contribution in [0.3, 0.4) is 0 Å². The maximum absolute atomic E-state index is 9.86. The van der Waals surface area contributed by atoms with Gasteiger partial charge < -0.3 is 15.2 Å². The van der Waals surface area contributed by atoms with Crippen molar-refractivity contribution in [2.45, 2.75) is 18.9 Å². The van der Waals surface area contributed by atoms with Crippen LogP contribution in [0.5, 0.6) is 11.5 Å². The molecule has 0 aromatic heterocycles. The summed E-state index contributed by atoms with van der Waals surface area (Å²) in [5.41, 5.74) is 2.22. The number of phenols is 1. The second-order valence-corrected chi connectivity index (χ2v) is 5.26. The summed E-state index contributed by atoms with van der Waals surface area (Å²) in [7, 11) is 1.55. The van der Waals surface area contributed by atoms with E-state index in [1.807, 2.05) is 12.1 Å². The van der Waals surface area contributed by atoms with Gasteiger partial charge in [-0.15, -0.1) is 0 Å². The first kappa shape index (κ1) is 12.9. The summed E-state index contributed by atoms with van der Waals surface area (Å²) in [6.07, 6.45) is 2.52. The summed E-state index contributed by atoms with van der Waals surface area (Å²) < 4.78 is 5.07. The third-order valence-corrected chi connectivity index (χ3v) is 3.75. The maximum Gasteiger partial charge on any atom is 0.160 e. The lowest BCUT2D eigenvalue weighted by atomic mass is 10.0. The molecule has 20 heavy (non-hydrogen) atoms. The molecule has 3 rings (SSSR count). The van der Waals surface area contributed by atoms with Crippen molar-refractivity contribution in [2.75, 3.05) is 12.4 Å². The van der Waals surface area contributed by atoms with Crippen LogP contribution in [0, 0.1) is 5.92 Å². The van der Waals surface area contributed by atoms with Crippen LogP contribution in [0.2, 0.25) is 0 Å². The molecule has 3 heteroatoms. The highest BCUT2D eigenvalue weighted by Crippen LogP contribution is 2.43. The van der Waals surface area contributed by atoms with Crippen LogP contribution < -0.4 is 10.1 Å². The van der Waals surface area contributed by atoms with Crippen LogP contribution in [0.1, 0.15) is 24.4 Å². The number of methoxy groups -OCH3 is 1. The van der Waals surface area contributed by atoms with Crippen LogP contribution in [-0.4, -0.2) is 12.2 Å². The molecule has 0 radical (unpaired) electrons. The van der Waals surface area contributed by atoms with E-state index in [0.717, 1.165) is 5.69 Å². The van der Waals surface area contributed by atoms with Gasteiger partial charge in [0.25, 0.3) is 0 Å². The lowest BCUT2D eigenvalue weighted by molar-refractivity contribution is 0.373. The minimum Gasteiger partial charge on any atom is -0.504 e. The second kappa shape index (κ2) is 5.45. The molecule has 1 aliphatic rings. The predicted octanol–water partition coefficient (Wildman–Crippen LogP) is 3.96. The average Bonchev–Trinajstić information content (AvgIpc) is 3.30. The van der Waals surface area contributed by atoms with Gasteiger partial charge in [-0.25, -0.2) is 0 Å². The molecule has 104 valence electrons. The molecule has 0 heterocycles. The Morgan fingerprint density at radius 2 is 1.90 bits per heavy atom. The Balaban J connectivity index is 1.82. The fraction of sp³-hybridized carbons (Fsp3) is 0.294. The van der Waals surface area contributed by atoms with Crippen LogP contribution in [-0.2, 0) is 0 Å². The van der Waals surface area contributed by atoms with Crippen LogP contribution >= 0.6 is 0 Å². The van der Waals surface area contributed by atoms with Crippen LogP contribution in [0.25, 0.3) is 0 Å². The van der Waals surface area contributed by atoms with E-state index in [2.05, 4.69) is 29.6 Å². The van der Waals surface area contributed by atoms with E-state index < -0.39 is 0 Å². The molecule has 0 amide bonds. The molecular weight excluding hydrogens is 250 g/mol. The number of benzene rings is 2. The van der Waals surface area contributed by atoms with Crippen molar-refractivity contribution in [3.05, 3.63) is 54.1 Å². The molecule has 1 fully saturated rings. The molecule has 0 spiro atoms. The summed E-state index contributed by atoms with van der Waals surface area (Å²) in [6.45, 7) is 0. The lowest BCUT2D eigenvalue weighted by Crippen LogP contribution is -2.12. The number of rotatable bonds is 5. The summed E-state index contributed by atoms with van der Waals surface area (Å²) in [4.78, 5) is 0. The monoisotopic (exact) mass is 269 g/mol. The molecule has 1 saturated carbocycles. The highest BCUT2D eigenvalue weighted by Gasteiger charge is 2.32. The number of nitrogens with one attached hydrogen (secondary N) is 1. The van der Waals surface area contributed by atoms with Gasteiger partial charge in [0.05, 0.1) is 13.2 Å². The molecule has 0 aliphatic heterocycles. The minimum absolute atomic E-state index is 0.167. The first-order valence-electron chi connectivity index (χ1n) is 6.96. The van der Waals surface area contributed by atoms with Crippen LogP contribution in [0.4, 0.5) is 5.69 Å². The molecule has 0 bridgehead atoms. The standard InChI is InChI=1S/C17H19NO2/c1-20-16-10-9-14(11-15(16)19)18-17(13-7-8-13)12-5-3-2-4-6-12/h2-6,9-11,13,17-19H,7-8H2,1H3. The average molecular weight is 269 g/mol. The van der Waals surface area contributed by atoms with Gasteiger partial charge in [-0.1, -0.05) is 30.3 Å². The van der Waals surface area contributed by atoms with E-state index >= 15 is 0 Å². The van der Waals surface area contributed by atoms with Crippen molar-refractivity contribution in [3.8, 4) is 11.5 Å². The van der Waals surface area contributed by atoms with Gasteiger partial charge in [0, 0.05) is 11.8 Å². The van der Waals surface area contributed by atoms with Crippen molar-refractivity contribution in [2.24, 2.45) is 5.92 Å². The topological polar surface area (TPSA) is 41.5 Å². The molecule has 2 N–H and O–H groups in total. The van der Waals surface area contributed by atoms with Gasteiger partial charge in [-0.2, -0.15) is 0 Å². The molecule has 1 unspecified atom stereocenters. The molecular formula is C17H19NO2. The molecule has 2 aromatic carbocycles. The Hall–Kier alpha value is -2.16. The Labute approximate surface area is 119 Å². The van der Waals surface area contributed by atoms with Gasteiger partial charge in [0.2, 0.25) is 0 Å². The number of aromatic hydroxyl groups is 1. The summed E-state index contributed by atoms with van der Waals surface area (Å²) >= 11 is 0. The smallest absolute Gasteiger partial charge is 0.160 e.